The number of carbonyl (C=O) groups excluding carboxylic acids is 1. The number of carbonyl (C=O) groups is 1. The summed E-state index contributed by atoms with van der Waals surface area (Å²) in [4.78, 5) is 10.9. The van der Waals surface area contributed by atoms with E-state index in [0.717, 1.165) is 11.3 Å². The van der Waals surface area contributed by atoms with Crippen LogP contribution in [0.25, 0.3) is 0 Å². The van der Waals surface area contributed by atoms with Gasteiger partial charge in [-0.15, -0.1) is 0 Å². The molecule has 1 unspecified atom stereocenters. The fourth-order valence-corrected chi connectivity index (χ4v) is 1.48. The van der Waals surface area contributed by atoms with Crippen molar-refractivity contribution < 1.29 is 19.4 Å². The molecule has 0 fully saturated rings. The number of esters is 1. The van der Waals surface area contributed by atoms with E-state index >= 15 is 0 Å². The average molecular weight is 253 g/mol. The van der Waals surface area contributed by atoms with E-state index < -0.39 is 6.10 Å². The Morgan fingerprint density at radius 1 is 1.33 bits per heavy atom. The molecule has 0 spiro atoms. The van der Waals surface area contributed by atoms with E-state index in [9.17, 15) is 9.90 Å². The van der Waals surface area contributed by atoms with Gasteiger partial charge in [-0.2, -0.15) is 0 Å². The van der Waals surface area contributed by atoms with Gasteiger partial charge in [-0.05, 0) is 17.7 Å². The van der Waals surface area contributed by atoms with E-state index in [1.54, 1.807) is 19.2 Å². The first-order chi connectivity index (χ1) is 8.67. The van der Waals surface area contributed by atoms with Crippen molar-refractivity contribution in [2.75, 3.05) is 27.3 Å². The van der Waals surface area contributed by atoms with Gasteiger partial charge in [-0.3, -0.25) is 4.79 Å². The molecule has 0 radical (unpaired) electrons. The normalized spacial score (nSPS) is 11.9. The Morgan fingerprint density at radius 2 is 2.00 bits per heavy atom. The van der Waals surface area contributed by atoms with Gasteiger partial charge in [0.25, 0.3) is 0 Å². The number of ether oxygens (including phenoxy) is 2. The first-order valence-electron chi connectivity index (χ1n) is 5.77. The smallest absolute Gasteiger partial charge is 0.306 e. The van der Waals surface area contributed by atoms with Crippen molar-refractivity contribution in [3.05, 3.63) is 29.8 Å². The standard InChI is InChI=1S/C13H19NO4/c1-17-11-5-3-10(4-6-11)12(15)9-14-8-7-13(16)18-2/h3-6,12,14-15H,7-9H2,1-2H3. The third-order valence-corrected chi connectivity index (χ3v) is 2.57. The van der Waals surface area contributed by atoms with Crippen molar-refractivity contribution in [1.82, 2.24) is 5.32 Å². The molecule has 1 atom stereocenters. The fraction of sp³-hybridized carbons (Fsp3) is 0.462. The summed E-state index contributed by atoms with van der Waals surface area (Å²) in [5.41, 5.74) is 0.807. The molecule has 0 heterocycles. The molecular formula is C13H19NO4. The number of benzene rings is 1. The molecule has 0 aliphatic carbocycles. The molecule has 0 bridgehead atoms. The number of hydrogen-bond acceptors (Lipinski definition) is 5. The van der Waals surface area contributed by atoms with Crippen LogP contribution in [0, 0.1) is 0 Å². The summed E-state index contributed by atoms with van der Waals surface area (Å²) >= 11 is 0. The highest BCUT2D eigenvalue weighted by molar-refractivity contribution is 5.69. The van der Waals surface area contributed by atoms with Crippen LogP contribution in [0.5, 0.6) is 5.75 Å². The fourth-order valence-electron chi connectivity index (χ4n) is 1.48. The van der Waals surface area contributed by atoms with Gasteiger partial charge in [-0.25, -0.2) is 0 Å². The summed E-state index contributed by atoms with van der Waals surface area (Å²) in [6.07, 6.45) is -0.306. The van der Waals surface area contributed by atoms with Crippen LogP contribution in [0.3, 0.4) is 0 Å². The lowest BCUT2D eigenvalue weighted by atomic mass is 10.1. The van der Waals surface area contributed by atoms with Gasteiger partial charge in [0.15, 0.2) is 0 Å². The van der Waals surface area contributed by atoms with Crippen LogP contribution in [0.15, 0.2) is 24.3 Å². The summed E-state index contributed by atoms with van der Waals surface area (Å²) in [6.45, 7) is 0.878. The number of methoxy groups -OCH3 is 2. The van der Waals surface area contributed by atoms with Gasteiger partial charge in [0.2, 0.25) is 0 Å². The van der Waals surface area contributed by atoms with E-state index in [0.29, 0.717) is 19.5 Å². The average Bonchev–Trinajstić information content (AvgIpc) is 2.43. The monoisotopic (exact) mass is 253 g/mol. The maximum Gasteiger partial charge on any atom is 0.306 e. The quantitative estimate of drug-likeness (QED) is 0.558. The van der Waals surface area contributed by atoms with Crippen molar-refractivity contribution in [2.45, 2.75) is 12.5 Å². The van der Waals surface area contributed by atoms with Crippen LogP contribution in [-0.2, 0) is 9.53 Å². The molecule has 2 N–H and O–H groups in total. The molecular weight excluding hydrogens is 234 g/mol. The number of hydrogen-bond donors (Lipinski definition) is 2. The Hall–Kier alpha value is -1.59. The molecule has 0 saturated heterocycles. The van der Waals surface area contributed by atoms with Crippen LogP contribution >= 0.6 is 0 Å². The number of aliphatic hydroxyl groups excluding tert-OH is 1. The van der Waals surface area contributed by atoms with E-state index in [2.05, 4.69) is 10.1 Å². The van der Waals surface area contributed by atoms with Crippen molar-refractivity contribution in [3.8, 4) is 5.75 Å². The zero-order valence-electron chi connectivity index (χ0n) is 10.7. The highest BCUT2D eigenvalue weighted by Crippen LogP contribution is 2.16. The molecule has 0 aliphatic heterocycles. The number of rotatable bonds is 7. The second-order valence-corrected chi connectivity index (χ2v) is 3.82. The predicted molar refractivity (Wildman–Crippen MR) is 67.5 cm³/mol. The lowest BCUT2D eigenvalue weighted by Crippen LogP contribution is -2.24. The topological polar surface area (TPSA) is 67.8 Å². The Balaban J connectivity index is 2.31. The summed E-state index contributed by atoms with van der Waals surface area (Å²) in [5, 5.41) is 12.9. The van der Waals surface area contributed by atoms with E-state index in [4.69, 9.17) is 4.74 Å². The summed E-state index contributed by atoms with van der Waals surface area (Å²) < 4.78 is 9.55. The maximum atomic E-state index is 10.9. The highest BCUT2D eigenvalue weighted by Gasteiger charge is 2.07. The van der Waals surface area contributed by atoms with Crippen LogP contribution in [0.4, 0.5) is 0 Å². The molecule has 1 aromatic carbocycles. The minimum absolute atomic E-state index is 0.263. The van der Waals surface area contributed by atoms with Crippen molar-refractivity contribution >= 4 is 5.97 Å². The molecule has 5 heteroatoms. The molecule has 1 aromatic rings. The van der Waals surface area contributed by atoms with Gasteiger partial charge in [0.1, 0.15) is 5.75 Å². The van der Waals surface area contributed by atoms with E-state index in [-0.39, 0.29) is 5.97 Å². The summed E-state index contributed by atoms with van der Waals surface area (Å²) in [5.74, 6) is 0.492. The molecule has 0 saturated carbocycles. The highest BCUT2D eigenvalue weighted by atomic mass is 16.5. The van der Waals surface area contributed by atoms with Gasteiger partial charge < -0.3 is 19.9 Å². The predicted octanol–water partition coefficient (Wildman–Crippen LogP) is 0.881. The van der Waals surface area contributed by atoms with Crippen LogP contribution in [0.1, 0.15) is 18.1 Å². The van der Waals surface area contributed by atoms with Gasteiger partial charge >= 0.3 is 5.97 Å². The molecule has 18 heavy (non-hydrogen) atoms. The number of aliphatic hydroxyl groups is 1. The second-order valence-electron chi connectivity index (χ2n) is 3.82. The van der Waals surface area contributed by atoms with E-state index in [1.807, 2.05) is 12.1 Å². The van der Waals surface area contributed by atoms with Gasteiger partial charge in [-0.1, -0.05) is 12.1 Å². The van der Waals surface area contributed by atoms with E-state index in [1.165, 1.54) is 7.11 Å². The molecule has 100 valence electrons. The van der Waals surface area contributed by atoms with Crippen LogP contribution in [0.2, 0.25) is 0 Å². The number of nitrogens with one attached hydrogen (secondary N) is 1. The Kier molecular flexibility index (Phi) is 6.18. The zero-order chi connectivity index (χ0) is 13.4. The lowest BCUT2D eigenvalue weighted by molar-refractivity contribution is -0.140. The molecule has 0 amide bonds. The van der Waals surface area contributed by atoms with Gasteiger partial charge in [0.05, 0.1) is 26.7 Å². The van der Waals surface area contributed by atoms with Crippen molar-refractivity contribution in [3.63, 3.8) is 0 Å². The zero-order valence-corrected chi connectivity index (χ0v) is 10.7. The van der Waals surface area contributed by atoms with Crippen LogP contribution < -0.4 is 10.1 Å². The molecule has 5 nitrogen and oxygen atoms in total. The Labute approximate surface area is 107 Å². The van der Waals surface area contributed by atoms with Crippen molar-refractivity contribution in [1.29, 1.82) is 0 Å². The van der Waals surface area contributed by atoms with Gasteiger partial charge in [0, 0.05) is 13.1 Å². The Morgan fingerprint density at radius 3 is 2.56 bits per heavy atom. The minimum atomic E-state index is -0.603. The molecule has 0 aromatic heterocycles. The summed E-state index contributed by atoms with van der Waals surface area (Å²) in [6, 6.07) is 7.22. The molecule has 1 rings (SSSR count). The van der Waals surface area contributed by atoms with Crippen LogP contribution in [-0.4, -0.2) is 38.4 Å². The second kappa shape index (κ2) is 7.68. The largest absolute Gasteiger partial charge is 0.497 e. The minimum Gasteiger partial charge on any atom is -0.497 e. The molecule has 0 aliphatic rings. The summed E-state index contributed by atoms with van der Waals surface area (Å²) in [7, 11) is 2.95. The third kappa shape index (κ3) is 4.73. The first-order valence-corrected chi connectivity index (χ1v) is 5.77. The van der Waals surface area contributed by atoms with Crippen molar-refractivity contribution in [2.24, 2.45) is 0 Å². The first kappa shape index (κ1) is 14.5. The third-order valence-electron chi connectivity index (χ3n) is 2.57. The maximum absolute atomic E-state index is 10.9. The Bertz CT molecular complexity index is 364. The SMILES string of the molecule is COC(=O)CCNCC(O)c1ccc(OC)cc1. The lowest BCUT2D eigenvalue weighted by Gasteiger charge is -2.12.